The van der Waals surface area contributed by atoms with Crippen molar-refractivity contribution in [1.82, 2.24) is 25.4 Å². The van der Waals surface area contributed by atoms with Crippen molar-refractivity contribution in [2.45, 2.75) is 45.3 Å². The van der Waals surface area contributed by atoms with Gasteiger partial charge >= 0.3 is 6.09 Å². The Labute approximate surface area is 248 Å². The molecule has 2 amide bonds. The third-order valence-corrected chi connectivity index (χ3v) is 7.11. The van der Waals surface area contributed by atoms with Crippen LogP contribution in [0.25, 0.3) is 11.1 Å². The van der Waals surface area contributed by atoms with Crippen LogP contribution in [0.3, 0.4) is 0 Å². The maximum atomic E-state index is 13.5. The van der Waals surface area contributed by atoms with Crippen LogP contribution in [-0.4, -0.2) is 43.3 Å². The second-order valence-corrected chi connectivity index (χ2v) is 10.3. The molecule has 5 aromatic rings. The summed E-state index contributed by atoms with van der Waals surface area (Å²) in [4.78, 5) is 37.0. The van der Waals surface area contributed by atoms with Crippen LogP contribution < -0.4 is 11.1 Å². The zero-order chi connectivity index (χ0) is 30.3. The topological polar surface area (TPSA) is 169 Å². The number of aryl methyl sites for hydroxylation is 2. The standard InChI is InChI=1S/C32H32N6O5/c1-19-12-25(39)13-20(2)26(19)16-28(42-32(33)41)30(40)36-27(15-24-17-34-18-35-24)31-37-29(38-43-31)14-21-8-10-23(11-9-21)22-6-4-3-5-7-22/h3-13,17-18,27-28,39H,14-16H2,1-2H3,(H2,33,41)(H,34,35)(H,36,40). The zero-order valence-corrected chi connectivity index (χ0v) is 23.8. The third-order valence-electron chi connectivity index (χ3n) is 7.11. The van der Waals surface area contributed by atoms with Gasteiger partial charge in [-0.1, -0.05) is 59.8 Å². The highest BCUT2D eigenvalue weighted by atomic mass is 16.6. The number of rotatable bonds is 11. The van der Waals surface area contributed by atoms with Gasteiger partial charge in [0.25, 0.3) is 5.91 Å². The monoisotopic (exact) mass is 580 g/mol. The molecule has 0 fully saturated rings. The summed E-state index contributed by atoms with van der Waals surface area (Å²) in [6.07, 6.45) is 1.61. The summed E-state index contributed by atoms with van der Waals surface area (Å²) in [6, 6.07) is 20.6. The third kappa shape index (κ3) is 7.45. The number of nitrogens with two attached hydrogens (primary N) is 1. The lowest BCUT2D eigenvalue weighted by Crippen LogP contribution is -2.42. The van der Waals surface area contributed by atoms with Crippen LogP contribution in [0.1, 0.15) is 45.7 Å². The zero-order valence-electron chi connectivity index (χ0n) is 23.8. The van der Waals surface area contributed by atoms with Gasteiger partial charge in [-0.3, -0.25) is 4.79 Å². The number of phenolic OH excluding ortho intramolecular Hbond substituents is 1. The Kier molecular flexibility index (Phi) is 8.80. The molecule has 0 saturated carbocycles. The van der Waals surface area contributed by atoms with E-state index in [1.807, 2.05) is 42.5 Å². The number of nitrogens with one attached hydrogen (secondary N) is 2. The molecular formula is C32H32N6O5. The van der Waals surface area contributed by atoms with E-state index in [-0.39, 0.29) is 24.5 Å². The van der Waals surface area contributed by atoms with Crippen LogP contribution in [0, 0.1) is 13.8 Å². The SMILES string of the molecule is Cc1cc(O)cc(C)c1CC(OC(N)=O)C(=O)NC(Cc1c[nH]cn1)c1nc(Cc2ccc(-c3ccccc3)cc2)no1. The number of ether oxygens (including phenoxy) is 1. The molecule has 0 bridgehead atoms. The molecule has 0 radical (unpaired) electrons. The second-order valence-electron chi connectivity index (χ2n) is 10.3. The smallest absolute Gasteiger partial charge is 0.405 e. The Morgan fingerprint density at radius 1 is 1.02 bits per heavy atom. The second kappa shape index (κ2) is 13.0. The Hall–Kier alpha value is -5.45. The van der Waals surface area contributed by atoms with Crippen molar-refractivity contribution in [1.29, 1.82) is 0 Å². The van der Waals surface area contributed by atoms with Crippen molar-refractivity contribution < 1.29 is 24.0 Å². The molecular weight excluding hydrogens is 548 g/mol. The number of primary amides is 1. The minimum atomic E-state index is -1.24. The summed E-state index contributed by atoms with van der Waals surface area (Å²) in [7, 11) is 0. The van der Waals surface area contributed by atoms with Crippen molar-refractivity contribution >= 4 is 12.0 Å². The molecule has 0 aliphatic rings. The first kappa shape index (κ1) is 29.1. The van der Waals surface area contributed by atoms with E-state index in [0.717, 1.165) is 33.4 Å². The first-order valence-electron chi connectivity index (χ1n) is 13.7. The van der Waals surface area contributed by atoms with Gasteiger partial charge in [0.15, 0.2) is 11.9 Å². The van der Waals surface area contributed by atoms with Crippen LogP contribution in [0.5, 0.6) is 5.75 Å². The molecule has 2 heterocycles. The molecule has 0 spiro atoms. The maximum Gasteiger partial charge on any atom is 0.405 e. The molecule has 2 unspecified atom stereocenters. The number of carbonyl (C=O) groups is 2. The summed E-state index contributed by atoms with van der Waals surface area (Å²) in [6.45, 7) is 3.60. The van der Waals surface area contributed by atoms with Crippen molar-refractivity contribution in [3.8, 4) is 16.9 Å². The summed E-state index contributed by atoms with van der Waals surface area (Å²) >= 11 is 0. The molecule has 2 aromatic heterocycles. The lowest BCUT2D eigenvalue weighted by atomic mass is 9.96. The van der Waals surface area contributed by atoms with Crippen LogP contribution >= 0.6 is 0 Å². The fourth-order valence-corrected chi connectivity index (χ4v) is 4.99. The summed E-state index contributed by atoms with van der Waals surface area (Å²) in [5.41, 5.74) is 11.4. The predicted molar refractivity (Wildman–Crippen MR) is 158 cm³/mol. The average Bonchev–Trinajstić information content (AvgIpc) is 3.67. The highest BCUT2D eigenvalue weighted by Gasteiger charge is 2.30. The van der Waals surface area contributed by atoms with Gasteiger partial charge in [0.05, 0.1) is 12.0 Å². The Morgan fingerprint density at radius 2 is 1.72 bits per heavy atom. The van der Waals surface area contributed by atoms with Crippen molar-refractivity contribution in [3.63, 3.8) is 0 Å². The molecule has 2 atom stereocenters. The van der Waals surface area contributed by atoms with E-state index >= 15 is 0 Å². The molecule has 0 saturated heterocycles. The van der Waals surface area contributed by atoms with Crippen LogP contribution in [-0.2, 0) is 28.8 Å². The number of aromatic nitrogens is 4. The predicted octanol–water partition coefficient (Wildman–Crippen LogP) is 4.48. The van der Waals surface area contributed by atoms with E-state index in [0.29, 0.717) is 17.9 Å². The number of aromatic hydroxyl groups is 1. The molecule has 11 nitrogen and oxygen atoms in total. The maximum absolute atomic E-state index is 13.5. The highest BCUT2D eigenvalue weighted by Crippen LogP contribution is 2.24. The lowest BCUT2D eigenvalue weighted by Gasteiger charge is -2.21. The number of hydrogen-bond donors (Lipinski definition) is 4. The Morgan fingerprint density at radius 3 is 2.37 bits per heavy atom. The molecule has 3 aromatic carbocycles. The van der Waals surface area contributed by atoms with Crippen LogP contribution in [0.2, 0.25) is 0 Å². The molecule has 5 N–H and O–H groups in total. The highest BCUT2D eigenvalue weighted by molar-refractivity contribution is 5.84. The van der Waals surface area contributed by atoms with Gasteiger partial charge in [-0.2, -0.15) is 4.98 Å². The Balaban J connectivity index is 1.34. The van der Waals surface area contributed by atoms with Gasteiger partial charge in [-0.15, -0.1) is 0 Å². The number of hydrogen-bond acceptors (Lipinski definition) is 8. The number of imidazole rings is 1. The van der Waals surface area contributed by atoms with Gasteiger partial charge in [-0.05, 0) is 59.4 Å². The summed E-state index contributed by atoms with van der Waals surface area (Å²) in [5.74, 6) is 0.141. The minimum Gasteiger partial charge on any atom is -0.508 e. The molecule has 11 heteroatoms. The van der Waals surface area contributed by atoms with E-state index in [1.54, 1.807) is 32.2 Å². The normalized spacial score (nSPS) is 12.4. The van der Waals surface area contributed by atoms with Gasteiger partial charge in [0.2, 0.25) is 5.89 Å². The van der Waals surface area contributed by atoms with Gasteiger partial charge in [0.1, 0.15) is 11.8 Å². The van der Waals surface area contributed by atoms with E-state index in [9.17, 15) is 14.7 Å². The van der Waals surface area contributed by atoms with Crippen LogP contribution in [0.4, 0.5) is 4.79 Å². The average molecular weight is 581 g/mol. The number of phenols is 1. The fraction of sp³-hybridized carbons (Fsp3) is 0.219. The minimum absolute atomic E-state index is 0.0515. The number of carbonyl (C=O) groups excluding carboxylic acids is 2. The van der Waals surface area contributed by atoms with Crippen molar-refractivity contribution in [2.75, 3.05) is 0 Å². The van der Waals surface area contributed by atoms with E-state index < -0.39 is 24.1 Å². The summed E-state index contributed by atoms with van der Waals surface area (Å²) < 4.78 is 10.8. The summed E-state index contributed by atoms with van der Waals surface area (Å²) in [5, 5.41) is 16.9. The van der Waals surface area contributed by atoms with Gasteiger partial charge in [-0.25, -0.2) is 9.78 Å². The molecule has 220 valence electrons. The number of H-pyrrole nitrogens is 1. The number of aromatic amines is 1. The van der Waals surface area contributed by atoms with Gasteiger partial charge < -0.3 is 30.4 Å². The van der Waals surface area contributed by atoms with Crippen molar-refractivity contribution in [3.05, 3.63) is 119 Å². The van der Waals surface area contributed by atoms with E-state index in [4.69, 9.17) is 15.0 Å². The first-order chi connectivity index (χ1) is 20.7. The molecule has 5 rings (SSSR count). The lowest BCUT2D eigenvalue weighted by molar-refractivity contribution is -0.130. The fourth-order valence-electron chi connectivity index (χ4n) is 4.99. The molecule has 0 aliphatic carbocycles. The van der Waals surface area contributed by atoms with Crippen LogP contribution in [0.15, 0.2) is 83.8 Å². The molecule has 43 heavy (non-hydrogen) atoms. The van der Waals surface area contributed by atoms with Gasteiger partial charge in [0, 0.05) is 25.5 Å². The number of benzene rings is 3. The first-order valence-corrected chi connectivity index (χ1v) is 13.7. The quantitative estimate of drug-likeness (QED) is 0.177. The van der Waals surface area contributed by atoms with E-state index in [2.05, 4.69) is 37.6 Å². The molecule has 0 aliphatic heterocycles. The number of nitrogens with zero attached hydrogens (tertiary/aromatic N) is 3. The number of amides is 2. The van der Waals surface area contributed by atoms with E-state index in [1.165, 1.54) is 6.33 Å². The van der Waals surface area contributed by atoms with Crippen molar-refractivity contribution in [2.24, 2.45) is 5.73 Å². The largest absolute Gasteiger partial charge is 0.508 e. The Bertz CT molecular complexity index is 1660.